The maximum Gasteiger partial charge on any atom is 0.315 e. The summed E-state index contributed by atoms with van der Waals surface area (Å²) >= 11 is 0. The highest BCUT2D eigenvalue weighted by Crippen LogP contribution is 2.19. The number of urea groups is 3. The van der Waals surface area contributed by atoms with Crippen LogP contribution in [0.25, 0.3) is 10.9 Å². The van der Waals surface area contributed by atoms with E-state index in [4.69, 9.17) is 11.5 Å². The van der Waals surface area contributed by atoms with Crippen LogP contribution in [-0.2, 0) is 6.42 Å². The van der Waals surface area contributed by atoms with Crippen LogP contribution < -0.4 is 48.7 Å². The second kappa shape index (κ2) is 17.5. The summed E-state index contributed by atoms with van der Waals surface area (Å²) in [5, 5.41) is 21.2. The first-order valence-corrected chi connectivity index (χ1v) is 13.9. The van der Waals surface area contributed by atoms with Crippen LogP contribution >= 0.6 is 0 Å². The van der Waals surface area contributed by atoms with E-state index in [9.17, 15) is 14.4 Å². The molecule has 1 aromatic heterocycles. The fourth-order valence-electron chi connectivity index (χ4n) is 4.38. The number of nitrogens with zero attached hydrogens (tertiary/aromatic N) is 1. The molecule has 0 aliphatic heterocycles. The number of aliphatic imine (C=N–C) groups is 1. The number of para-hydroxylation sites is 1. The average molecular weight is 574 g/mol. The Kier molecular flexibility index (Phi) is 14.1. The molecule has 0 fully saturated rings. The summed E-state index contributed by atoms with van der Waals surface area (Å²) < 4.78 is 0. The van der Waals surface area contributed by atoms with Crippen molar-refractivity contribution < 1.29 is 14.4 Å². The van der Waals surface area contributed by atoms with Gasteiger partial charge in [-0.15, -0.1) is 0 Å². The van der Waals surface area contributed by atoms with Crippen molar-refractivity contribution in [1.29, 1.82) is 0 Å². The molecule has 41 heavy (non-hydrogen) atoms. The van der Waals surface area contributed by atoms with Gasteiger partial charge in [0.05, 0.1) is 6.04 Å². The number of guanidine groups is 1. The fourth-order valence-corrected chi connectivity index (χ4v) is 4.38. The van der Waals surface area contributed by atoms with Crippen molar-refractivity contribution in [2.75, 3.05) is 40.3 Å². The Hall–Kier alpha value is -4.20. The van der Waals surface area contributed by atoms with Crippen LogP contribution in [0, 0.1) is 5.92 Å². The van der Waals surface area contributed by atoms with E-state index in [0.29, 0.717) is 38.3 Å². The Labute approximate surface area is 241 Å². The van der Waals surface area contributed by atoms with E-state index in [1.54, 1.807) is 0 Å². The van der Waals surface area contributed by atoms with Gasteiger partial charge in [-0.3, -0.25) is 4.99 Å². The standard InChI is InChI=1S/C27H47N11O3/c1-17(2)23(30-3)16-36-27(41)37-19(8-7-11-32-24(28)29)14-35-26(40)38-20(15-34-25(39)31-4)12-18-13-33-22-10-6-5-9-21(18)22/h5-6,9-10,13,17,19-20,23,30,33H,7-8,11-12,14-16H2,1-4H3,(H4,28,29,32)(H2,31,34,39)(H2,35,38,40)(H2,36,37,41)/t19-,20-,23?/m0/s1. The van der Waals surface area contributed by atoms with Crippen molar-refractivity contribution in [1.82, 2.24) is 42.2 Å². The molecule has 2 rings (SSSR count). The van der Waals surface area contributed by atoms with Crippen LogP contribution in [0.15, 0.2) is 35.5 Å². The van der Waals surface area contributed by atoms with Crippen molar-refractivity contribution in [2.24, 2.45) is 22.4 Å². The van der Waals surface area contributed by atoms with Crippen molar-refractivity contribution in [2.45, 2.75) is 51.2 Å². The molecule has 0 bridgehead atoms. The van der Waals surface area contributed by atoms with Crippen molar-refractivity contribution in [3.05, 3.63) is 36.0 Å². The number of nitrogens with two attached hydrogens (primary N) is 2. The maximum atomic E-state index is 12.9. The van der Waals surface area contributed by atoms with E-state index in [-0.39, 0.29) is 43.2 Å². The zero-order valence-electron chi connectivity index (χ0n) is 24.5. The first kappa shape index (κ1) is 33.0. The zero-order chi connectivity index (χ0) is 30.2. The summed E-state index contributed by atoms with van der Waals surface area (Å²) in [5.41, 5.74) is 12.8. The van der Waals surface area contributed by atoms with Gasteiger partial charge >= 0.3 is 18.1 Å². The van der Waals surface area contributed by atoms with E-state index < -0.39 is 12.1 Å². The molecule has 0 saturated carbocycles. The number of carbonyl (C=O) groups excluding carboxylic acids is 3. The third kappa shape index (κ3) is 12.2. The maximum absolute atomic E-state index is 12.9. The highest BCUT2D eigenvalue weighted by Gasteiger charge is 2.19. The third-order valence-corrected chi connectivity index (χ3v) is 6.72. The molecule has 12 N–H and O–H groups in total. The largest absolute Gasteiger partial charge is 0.370 e. The normalized spacial score (nSPS) is 13.1. The van der Waals surface area contributed by atoms with Gasteiger partial charge in [-0.1, -0.05) is 32.0 Å². The van der Waals surface area contributed by atoms with Crippen molar-refractivity contribution >= 4 is 35.0 Å². The van der Waals surface area contributed by atoms with Gasteiger partial charge in [0.25, 0.3) is 0 Å². The number of aromatic nitrogens is 1. The monoisotopic (exact) mass is 573 g/mol. The lowest BCUT2D eigenvalue weighted by molar-refractivity contribution is 0.226. The zero-order valence-corrected chi connectivity index (χ0v) is 24.5. The number of nitrogens with one attached hydrogen (secondary N) is 8. The smallest absolute Gasteiger partial charge is 0.315 e. The number of aromatic amines is 1. The third-order valence-electron chi connectivity index (χ3n) is 6.72. The number of H-pyrrole nitrogens is 1. The predicted molar refractivity (Wildman–Crippen MR) is 163 cm³/mol. The first-order chi connectivity index (χ1) is 19.6. The Morgan fingerprint density at radius 3 is 2.20 bits per heavy atom. The van der Waals surface area contributed by atoms with Crippen LogP contribution in [0.3, 0.4) is 0 Å². The first-order valence-electron chi connectivity index (χ1n) is 13.9. The molecule has 0 aliphatic rings. The minimum atomic E-state index is -0.417. The van der Waals surface area contributed by atoms with Crippen LogP contribution in [0.4, 0.5) is 14.4 Å². The molecule has 0 saturated heterocycles. The molecule has 0 spiro atoms. The second-order valence-electron chi connectivity index (χ2n) is 10.2. The van der Waals surface area contributed by atoms with Gasteiger partial charge in [-0.05, 0) is 43.9 Å². The summed E-state index contributed by atoms with van der Waals surface area (Å²) in [6.45, 7) is 5.42. The molecule has 1 unspecified atom stereocenters. The van der Waals surface area contributed by atoms with E-state index in [1.165, 1.54) is 7.05 Å². The summed E-state index contributed by atoms with van der Waals surface area (Å²) in [7, 11) is 3.39. The molecule has 228 valence electrons. The molecule has 14 heteroatoms. The average Bonchev–Trinajstić information content (AvgIpc) is 3.34. The summed E-state index contributed by atoms with van der Waals surface area (Å²) in [5.74, 6) is 0.347. The Morgan fingerprint density at radius 2 is 1.54 bits per heavy atom. The van der Waals surface area contributed by atoms with Gasteiger partial charge in [0.2, 0.25) is 0 Å². The molecule has 6 amide bonds. The van der Waals surface area contributed by atoms with Crippen LogP contribution in [0.5, 0.6) is 0 Å². The minimum absolute atomic E-state index is 0.00292. The number of carbonyl (C=O) groups is 3. The summed E-state index contributed by atoms with van der Waals surface area (Å²) in [4.78, 5) is 44.6. The topological polar surface area (TPSA) is 216 Å². The molecule has 1 heterocycles. The number of hydrogen-bond donors (Lipinski definition) is 10. The SMILES string of the molecule is CNC(=O)NC[C@H](Cc1c[nH]c2ccccc12)NC(=O)NC[C@H](CCCN=C(N)N)NC(=O)NCC(NC)C(C)C. The molecule has 14 nitrogen and oxygen atoms in total. The summed E-state index contributed by atoms with van der Waals surface area (Å²) in [6, 6.07) is 6.18. The molecule has 2 aromatic rings. The Balaban J connectivity index is 2.00. The van der Waals surface area contributed by atoms with Crippen LogP contribution in [-0.4, -0.2) is 87.4 Å². The second-order valence-corrected chi connectivity index (χ2v) is 10.2. The highest BCUT2D eigenvalue weighted by molar-refractivity contribution is 5.83. The number of hydrogen-bond acceptors (Lipinski definition) is 5. The predicted octanol–water partition coefficient (Wildman–Crippen LogP) is 0.273. The van der Waals surface area contributed by atoms with Crippen LogP contribution in [0.2, 0.25) is 0 Å². The molecular weight excluding hydrogens is 526 g/mol. The number of amides is 6. The fraction of sp³-hybridized carbons (Fsp3) is 0.556. The number of fused-ring (bicyclic) bond motifs is 1. The van der Waals surface area contributed by atoms with E-state index >= 15 is 0 Å². The summed E-state index contributed by atoms with van der Waals surface area (Å²) in [6.07, 6.45) is 3.55. The van der Waals surface area contributed by atoms with Gasteiger partial charge < -0.3 is 53.7 Å². The van der Waals surface area contributed by atoms with Gasteiger partial charge in [-0.2, -0.15) is 0 Å². The number of benzene rings is 1. The quantitative estimate of drug-likeness (QED) is 0.0772. The number of likely N-dealkylation sites (N-methyl/N-ethyl adjacent to an activating group) is 1. The van der Waals surface area contributed by atoms with Crippen molar-refractivity contribution in [3.8, 4) is 0 Å². The lowest BCUT2D eigenvalue weighted by Gasteiger charge is -2.24. The molecule has 3 atom stereocenters. The Bertz CT molecular complexity index is 1130. The van der Waals surface area contributed by atoms with Crippen LogP contribution in [0.1, 0.15) is 32.3 Å². The lowest BCUT2D eigenvalue weighted by atomic mass is 10.0. The van der Waals surface area contributed by atoms with Gasteiger partial charge in [0.1, 0.15) is 0 Å². The van der Waals surface area contributed by atoms with Gasteiger partial charge in [0.15, 0.2) is 5.96 Å². The number of rotatable bonds is 16. The highest BCUT2D eigenvalue weighted by atomic mass is 16.2. The van der Waals surface area contributed by atoms with Crippen molar-refractivity contribution in [3.63, 3.8) is 0 Å². The molecule has 1 aromatic carbocycles. The molecule has 0 aliphatic carbocycles. The molecule has 0 radical (unpaired) electrons. The lowest BCUT2D eigenvalue weighted by Crippen LogP contribution is -2.53. The van der Waals surface area contributed by atoms with E-state index in [0.717, 1.165) is 16.5 Å². The van der Waals surface area contributed by atoms with E-state index in [2.05, 4.69) is 61.0 Å². The van der Waals surface area contributed by atoms with Gasteiger partial charge in [0, 0.05) is 62.4 Å². The van der Waals surface area contributed by atoms with Gasteiger partial charge in [-0.25, -0.2) is 14.4 Å². The molecular formula is C27H47N11O3. The Morgan fingerprint density at radius 1 is 0.902 bits per heavy atom. The van der Waals surface area contributed by atoms with E-state index in [1.807, 2.05) is 37.5 Å². The minimum Gasteiger partial charge on any atom is -0.370 e.